The zero-order valence-electron chi connectivity index (χ0n) is 7.19. The van der Waals surface area contributed by atoms with Gasteiger partial charge in [0.1, 0.15) is 19.9 Å². The molecule has 2 rings (SSSR count). The molecule has 0 atom stereocenters. The van der Waals surface area contributed by atoms with Crippen molar-refractivity contribution in [3.05, 3.63) is 18.2 Å². The minimum Gasteiger partial charge on any atom is -0.239 e. The van der Waals surface area contributed by atoms with Crippen LogP contribution in [0.5, 0.6) is 0 Å². The molecule has 0 aliphatic heterocycles. The number of fused-ring (bicyclic) bond motifs is 1. The molecule has 0 bridgehead atoms. The highest BCUT2D eigenvalue weighted by Crippen LogP contribution is 2.09. The second-order valence-electron chi connectivity index (χ2n) is 2.91. The van der Waals surface area contributed by atoms with Crippen LogP contribution < -0.4 is 5.46 Å². The van der Waals surface area contributed by atoms with E-state index >= 15 is 0 Å². The molecule has 70 valence electrons. The lowest BCUT2D eigenvalue weighted by Crippen LogP contribution is -2.09. The lowest BCUT2D eigenvalue weighted by molar-refractivity contribution is 0.122. The molecule has 1 heterocycles. The van der Waals surface area contributed by atoms with Crippen molar-refractivity contribution in [3.8, 4) is 0 Å². The van der Waals surface area contributed by atoms with Crippen LogP contribution in [0.15, 0.2) is 18.2 Å². The van der Waals surface area contributed by atoms with Crippen LogP contribution in [-0.2, 0) is 6.54 Å². The summed E-state index contributed by atoms with van der Waals surface area (Å²) in [4.78, 5) is 0. The Balaban J connectivity index is 2.50. The van der Waals surface area contributed by atoms with Crippen molar-refractivity contribution in [2.24, 2.45) is 0 Å². The molecule has 0 N–H and O–H groups in total. The average molecular weight is 193 g/mol. The number of halogens is 2. The van der Waals surface area contributed by atoms with Crippen molar-refractivity contribution in [2.45, 2.75) is 13.0 Å². The third-order valence-corrected chi connectivity index (χ3v) is 1.85. The topological polar surface area (TPSA) is 30.7 Å². The van der Waals surface area contributed by atoms with Crippen molar-refractivity contribution in [2.75, 3.05) is 0 Å². The maximum Gasteiger partial charge on any atom is 0.258 e. The summed E-state index contributed by atoms with van der Waals surface area (Å²) < 4.78 is 25.4. The largest absolute Gasteiger partial charge is 0.258 e. The van der Waals surface area contributed by atoms with Crippen molar-refractivity contribution < 1.29 is 8.78 Å². The molecular formula is C8H6BF2N3. The summed E-state index contributed by atoms with van der Waals surface area (Å²) in [6.45, 7) is -0.458. The van der Waals surface area contributed by atoms with Gasteiger partial charge in [-0.25, -0.2) is 13.5 Å². The lowest BCUT2D eigenvalue weighted by Gasteiger charge is -2.00. The van der Waals surface area contributed by atoms with E-state index < -0.39 is 13.0 Å². The van der Waals surface area contributed by atoms with Gasteiger partial charge in [-0.2, -0.15) is 0 Å². The SMILES string of the molecule is [B]c1ccc2nnn(CC(F)F)c2c1. The Labute approximate surface area is 80.1 Å². The van der Waals surface area contributed by atoms with Gasteiger partial charge in [-0.1, -0.05) is 16.7 Å². The molecule has 14 heavy (non-hydrogen) atoms. The molecule has 0 aliphatic rings. The zero-order chi connectivity index (χ0) is 10.1. The predicted molar refractivity (Wildman–Crippen MR) is 48.9 cm³/mol. The van der Waals surface area contributed by atoms with Gasteiger partial charge in [-0.3, -0.25) is 0 Å². The number of hydrogen-bond acceptors (Lipinski definition) is 2. The van der Waals surface area contributed by atoms with E-state index in [2.05, 4.69) is 10.3 Å². The molecule has 1 aromatic carbocycles. The fourth-order valence-corrected chi connectivity index (χ4v) is 1.25. The van der Waals surface area contributed by atoms with Gasteiger partial charge in [0.25, 0.3) is 6.43 Å². The van der Waals surface area contributed by atoms with Crippen molar-refractivity contribution in [1.29, 1.82) is 0 Å². The summed E-state index contributed by atoms with van der Waals surface area (Å²) in [5, 5.41) is 7.34. The first-order valence-corrected chi connectivity index (χ1v) is 4.03. The predicted octanol–water partition coefficient (Wildman–Crippen LogP) is 0.490. The van der Waals surface area contributed by atoms with Crippen molar-refractivity contribution in [3.63, 3.8) is 0 Å². The van der Waals surface area contributed by atoms with Crippen LogP contribution in [0.25, 0.3) is 11.0 Å². The minimum absolute atomic E-state index is 0.458. The molecule has 2 aromatic rings. The molecule has 1 aromatic heterocycles. The maximum absolute atomic E-state index is 12.1. The van der Waals surface area contributed by atoms with E-state index in [0.29, 0.717) is 16.5 Å². The number of rotatable bonds is 2. The molecule has 0 amide bonds. The van der Waals surface area contributed by atoms with Gasteiger partial charge in [0, 0.05) is 0 Å². The lowest BCUT2D eigenvalue weighted by atomic mass is 9.96. The van der Waals surface area contributed by atoms with Gasteiger partial charge in [0.15, 0.2) is 0 Å². The van der Waals surface area contributed by atoms with Gasteiger partial charge in [0.05, 0.1) is 5.52 Å². The van der Waals surface area contributed by atoms with Crippen LogP contribution in [-0.4, -0.2) is 29.3 Å². The van der Waals surface area contributed by atoms with Crippen LogP contribution in [0.3, 0.4) is 0 Å². The fourth-order valence-electron chi connectivity index (χ4n) is 1.25. The highest BCUT2D eigenvalue weighted by atomic mass is 19.3. The second kappa shape index (κ2) is 3.36. The molecule has 3 nitrogen and oxygen atoms in total. The normalized spacial score (nSPS) is 11.4. The Kier molecular flexibility index (Phi) is 2.19. The molecule has 0 fully saturated rings. The van der Waals surface area contributed by atoms with Crippen LogP contribution in [0.1, 0.15) is 0 Å². The van der Waals surface area contributed by atoms with E-state index in [4.69, 9.17) is 7.85 Å². The van der Waals surface area contributed by atoms with Crippen molar-refractivity contribution >= 4 is 24.3 Å². The molecule has 0 aliphatic carbocycles. The van der Waals surface area contributed by atoms with E-state index in [1.165, 1.54) is 0 Å². The molecule has 0 unspecified atom stereocenters. The summed E-state index contributed by atoms with van der Waals surface area (Å²) in [6.07, 6.45) is -2.44. The highest BCUT2D eigenvalue weighted by Gasteiger charge is 2.09. The fraction of sp³-hybridized carbons (Fsp3) is 0.250. The number of hydrogen-bond donors (Lipinski definition) is 0. The quantitative estimate of drug-likeness (QED) is 0.649. The van der Waals surface area contributed by atoms with E-state index in [1.807, 2.05) is 0 Å². The number of alkyl halides is 2. The summed E-state index contributed by atoms with van der Waals surface area (Å²) in [6, 6.07) is 4.89. The minimum atomic E-state index is -2.44. The highest BCUT2D eigenvalue weighted by molar-refractivity contribution is 6.33. The van der Waals surface area contributed by atoms with Gasteiger partial charge >= 0.3 is 0 Å². The molecule has 2 radical (unpaired) electrons. The first-order chi connectivity index (χ1) is 6.66. The number of aromatic nitrogens is 3. The van der Waals surface area contributed by atoms with E-state index in [-0.39, 0.29) is 0 Å². The van der Waals surface area contributed by atoms with Crippen LogP contribution >= 0.6 is 0 Å². The third kappa shape index (κ3) is 1.59. The Morgan fingerprint density at radius 1 is 1.43 bits per heavy atom. The van der Waals surface area contributed by atoms with E-state index in [9.17, 15) is 8.78 Å². The third-order valence-electron chi connectivity index (χ3n) is 1.85. The van der Waals surface area contributed by atoms with Crippen LogP contribution in [0.4, 0.5) is 8.78 Å². The first-order valence-electron chi connectivity index (χ1n) is 4.03. The standard InChI is InChI=1S/C8H6BF2N3/c9-5-1-2-6-7(3-5)14(13-12-6)4-8(10)11/h1-3,8H,4H2. The monoisotopic (exact) mass is 193 g/mol. The second-order valence-corrected chi connectivity index (χ2v) is 2.91. The molecule has 0 saturated heterocycles. The summed E-state index contributed by atoms with van der Waals surface area (Å²) in [5.74, 6) is 0. The van der Waals surface area contributed by atoms with Gasteiger partial charge in [-0.15, -0.1) is 5.10 Å². The molecule has 0 spiro atoms. The van der Waals surface area contributed by atoms with E-state index in [1.54, 1.807) is 18.2 Å². The van der Waals surface area contributed by atoms with Crippen LogP contribution in [0.2, 0.25) is 0 Å². The Morgan fingerprint density at radius 3 is 2.93 bits per heavy atom. The summed E-state index contributed by atoms with van der Waals surface area (Å²) in [7, 11) is 5.53. The maximum atomic E-state index is 12.1. The zero-order valence-corrected chi connectivity index (χ0v) is 7.19. The van der Waals surface area contributed by atoms with Gasteiger partial charge in [-0.05, 0) is 12.1 Å². The summed E-state index contributed by atoms with van der Waals surface area (Å²) in [5.41, 5.74) is 1.61. The Bertz CT molecular complexity index is 455. The average Bonchev–Trinajstić information content (AvgIpc) is 2.47. The molecule has 6 heteroatoms. The Hall–Kier alpha value is -1.46. The smallest absolute Gasteiger partial charge is 0.239 e. The summed E-state index contributed by atoms with van der Waals surface area (Å²) >= 11 is 0. The van der Waals surface area contributed by atoms with Crippen LogP contribution in [0, 0.1) is 0 Å². The first kappa shape index (κ1) is 9.11. The van der Waals surface area contributed by atoms with Crippen molar-refractivity contribution in [1.82, 2.24) is 15.0 Å². The van der Waals surface area contributed by atoms with E-state index in [0.717, 1.165) is 4.68 Å². The number of nitrogens with zero attached hydrogens (tertiary/aromatic N) is 3. The van der Waals surface area contributed by atoms with Gasteiger partial charge in [0.2, 0.25) is 0 Å². The van der Waals surface area contributed by atoms with Gasteiger partial charge < -0.3 is 0 Å². The molecule has 0 saturated carbocycles. The number of benzene rings is 1. The Morgan fingerprint density at radius 2 is 2.21 bits per heavy atom. The molecular weight excluding hydrogens is 187 g/mol.